The number of hydrogen-bond acceptors (Lipinski definition) is 5. The van der Waals surface area contributed by atoms with E-state index in [-0.39, 0.29) is 11.8 Å². The van der Waals surface area contributed by atoms with Crippen molar-refractivity contribution in [1.29, 1.82) is 0 Å². The first-order chi connectivity index (χ1) is 20.0. The van der Waals surface area contributed by atoms with Gasteiger partial charge in [-0.25, -0.2) is 0 Å². The van der Waals surface area contributed by atoms with Crippen LogP contribution in [0.5, 0.6) is 0 Å². The van der Waals surface area contributed by atoms with Crippen LogP contribution in [0.1, 0.15) is 90.6 Å². The number of unbranched alkanes of at least 4 members (excludes halogenated alkanes) is 2. The quantitative estimate of drug-likeness (QED) is 0.182. The lowest BCUT2D eigenvalue weighted by atomic mass is 9.98. The van der Waals surface area contributed by atoms with Crippen LogP contribution in [-0.2, 0) is 9.59 Å². The first kappa shape index (κ1) is 29.2. The predicted octanol–water partition coefficient (Wildman–Crippen LogP) is 8.84. The largest absolute Gasteiger partial charge is 0.463 e. The van der Waals surface area contributed by atoms with Crippen LogP contribution in [0.3, 0.4) is 0 Å². The lowest BCUT2D eigenvalue weighted by molar-refractivity contribution is -0.124. The molecule has 218 valence electrons. The Kier molecular flexibility index (Phi) is 9.33. The fourth-order valence-electron chi connectivity index (χ4n) is 6.04. The summed E-state index contributed by atoms with van der Waals surface area (Å²) in [7, 11) is 0. The second kappa shape index (κ2) is 13.1. The molecule has 0 aliphatic carbocycles. The Labute approximate surface area is 247 Å². The maximum absolute atomic E-state index is 14.4. The standard InChI is InChI=1S/C34H42N2O4S/c1-5-9-13-23(7-3)21-35-31(26-15-11-19-39-26)29-30(34(35)38)32(27-18-17-25(40-27)28-16-12-20-41-28)36(33(29)37)22-24(8-4)14-10-6-2/h11-12,15-20,23-24H,5-10,13-14,21-22H2,1-4H3. The van der Waals surface area contributed by atoms with Gasteiger partial charge in [0.15, 0.2) is 11.5 Å². The molecule has 2 unspecified atom stereocenters. The molecule has 7 heteroatoms. The van der Waals surface area contributed by atoms with Crippen LogP contribution in [0, 0.1) is 11.8 Å². The lowest BCUT2D eigenvalue weighted by Gasteiger charge is -2.28. The van der Waals surface area contributed by atoms with Gasteiger partial charge >= 0.3 is 0 Å². The van der Waals surface area contributed by atoms with Crippen molar-refractivity contribution < 1.29 is 18.4 Å². The van der Waals surface area contributed by atoms with Crippen LogP contribution in [0.15, 0.2) is 68.0 Å². The summed E-state index contributed by atoms with van der Waals surface area (Å²) in [4.78, 5) is 33.5. The molecule has 5 rings (SSSR count). The number of fused-ring (bicyclic) bond motifs is 1. The van der Waals surface area contributed by atoms with Gasteiger partial charge in [0, 0.05) is 13.1 Å². The van der Waals surface area contributed by atoms with Crippen molar-refractivity contribution in [2.45, 2.75) is 79.1 Å². The molecule has 0 bridgehead atoms. The molecule has 0 radical (unpaired) electrons. The minimum atomic E-state index is -0.136. The molecule has 3 aromatic heterocycles. The second-order valence-corrected chi connectivity index (χ2v) is 12.2. The number of rotatable bonds is 15. The number of amides is 2. The summed E-state index contributed by atoms with van der Waals surface area (Å²) in [6, 6.07) is 11.5. The van der Waals surface area contributed by atoms with E-state index in [1.54, 1.807) is 22.5 Å². The van der Waals surface area contributed by atoms with Crippen molar-refractivity contribution in [3.05, 3.63) is 70.7 Å². The molecule has 41 heavy (non-hydrogen) atoms. The molecule has 3 aromatic rings. The van der Waals surface area contributed by atoms with E-state index in [0.717, 1.165) is 62.0 Å². The highest BCUT2D eigenvalue weighted by Crippen LogP contribution is 2.48. The summed E-state index contributed by atoms with van der Waals surface area (Å²) in [5.41, 5.74) is 2.09. The van der Waals surface area contributed by atoms with E-state index in [1.807, 2.05) is 46.7 Å². The second-order valence-electron chi connectivity index (χ2n) is 11.2. The molecule has 2 atom stereocenters. The fraction of sp³-hybridized carbons (Fsp3) is 0.471. The number of hydrogen-bond donors (Lipinski definition) is 0. The minimum absolute atomic E-state index is 0.136. The van der Waals surface area contributed by atoms with Crippen LogP contribution >= 0.6 is 11.3 Å². The Morgan fingerprint density at radius 1 is 0.732 bits per heavy atom. The fourth-order valence-corrected chi connectivity index (χ4v) is 6.72. The van der Waals surface area contributed by atoms with Crippen LogP contribution in [-0.4, -0.2) is 34.7 Å². The van der Waals surface area contributed by atoms with Crippen molar-refractivity contribution in [1.82, 2.24) is 9.80 Å². The lowest BCUT2D eigenvalue weighted by Crippen LogP contribution is -2.34. The number of nitrogens with zero attached hydrogens (tertiary/aromatic N) is 2. The molecule has 0 saturated heterocycles. The summed E-state index contributed by atoms with van der Waals surface area (Å²) < 4.78 is 12.3. The first-order valence-corrected chi connectivity index (χ1v) is 16.2. The summed E-state index contributed by atoms with van der Waals surface area (Å²) >= 11 is 1.60. The van der Waals surface area contributed by atoms with Gasteiger partial charge in [0.25, 0.3) is 11.8 Å². The van der Waals surface area contributed by atoms with Crippen LogP contribution < -0.4 is 0 Å². The Bertz CT molecular complexity index is 1400. The maximum atomic E-state index is 14.4. The third-order valence-corrected chi connectivity index (χ3v) is 9.39. The highest BCUT2D eigenvalue weighted by atomic mass is 32.1. The summed E-state index contributed by atoms with van der Waals surface area (Å²) in [5.74, 6) is 2.25. The molecule has 0 N–H and O–H groups in total. The van der Waals surface area contributed by atoms with Crippen molar-refractivity contribution in [2.75, 3.05) is 13.1 Å². The average Bonchev–Trinajstić information content (AvgIpc) is 3.81. The molecule has 0 spiro atoms. The third-order valence-electron chi connectivity index (χ3n) is 8.51. The topological polar surface area (TPSA) is 66.9 Å². The Morgan fingerprint density at radius 3 is 1.80 bits per heavy atom. The first-order valence-electron chi connectivity index (χ1n) is 15.3. The molecule has 2 aliphatic heterocycles. The monoisotopic (exact) mass is 574 g/mol. The Morgan fingerprint density at radius 2 is 1.32 bits per heavy atom. The molecule has 0 aromatic carbocycles. The summed E-state index contributed by atoms with van der Waals surface area (Å²) in [6.45, 7) is 9.85. The number of carbonyl (C=O) groups excluding carboxylic acids is 2. The zero-order valence-electron chi connectivity index (χ0n) is 24.8. The van der Waals surface area contributed by atoms with Crippen molar-refractivity contribution in [2.24, 2.45) is 11.8 Å². The van der Waals surface area contributed by atoms with E-state index in [4.69, 9.17) is 8.83 Å². The number of furan rings is 2. The van der Waals surface area contributed by atoms with Gasteiger partial charge < -0.3 is 18.6 Å². The minimum Gasteiger partial charge on any atom is -0.463 e. The van der Waals surface area contributed by atoms with Crippen LogP contribution in [0.4, 0.5) is 0 Å². The molecule has 0 fully saturated rings. The molecule has 2 aliphatic rings. The van der Waals surface area contributed by atoms with Gasteiger partial charge in [-0.15, -0.1) is 11.3 Å². The molecule has 2 amide bonds. The average molecular weight is 575 g/mol. The van der Waals surface area contributed by atoms with Gasteiger partial charge in [-0.2, -0.15) is 0 Å². The zero-order valence-corrected chi connectivity index (χ0v) is 25.6. The van der Waals surface area contributed by atoms with Crippen molar-refractivity contribution >= 4 is 34.5 Å². The summed E-state index contributed by atoms with van der Waals surface area (Å²) in [5, 5.41) is 2.02. The van der Waals surface area contributed by atoms with Gasteiger partial charge in [-0.3, -0.25) is 9.59 Å². The van der Waals surface area contributed by atoms with Gasteiger partial charge in [-0.1, -0.05) is 72.3 Å². The Balaban J connectivity index is 1.64. The zero-order chi connectivity index (χ0) is 28.9. The molecular weight excluding hydrogens is 532 g/mol. The Hall–Kier alpha value is -3.32. The van der Waals surface area contributed by atoms with Crippen LogP contribution in [0.2, 0.25) is 0 Å². The van der Waals surface area contributed by atoms with E-state index < -0.39 is 0 Å². The highest BCUT2D eigenvalue weighted by Gasteiger charge is 2.50. The van der Waals surface area contributed by atoms with E-state index >= 15 is 0 Å². The molecule has 5 heterocycles. The highest BCUT2D eigenvalue weighted by molar-refractivity contribution is 7.13. The number of thiophene rings is 1. The predicted molar refractivity (Wildman–Crippen MR) is 165 cm³/mol. The molecule has 0 saturated carbocycles. The maximum Gasteiger partial charge on any atom is 0.261 e. The van der Waals surface area contributed by atoms with E-state index in [0.29, 0.717) is 59.0 Å². The van der Waals surface area contributed by atoms with E-state index in [9.17, 15) is 9.59 Å². The van der Waals surface area contributed by atoms with Gasteiger partial charge in [-0.05, 0) is 60.4 Å². The van der Waals surface area contributed by atoms with Gasteiger partial charge in [0.05, 0.1) is 22.3 Å². The number of carbonyl (C=O) groups is 2. The van der Waals surface area contributed by atoms with Crippen LogP contribution in [0.25, 0.3) is 22.0 Å². The molecular formula is C34H42N2O4S. The van der Waals surface area contributed by atoms with Crippen molar-refractivity contribution in [3.8, 4) is 10.6 Å². The van der Waals surface area contributed by atoms with E-state index in [1.165, 1.54) is 0 Å². The SMILES string of the molecule is CCCCC(CC)CN1C(=O)C2=C(c3ccc(-c4cccs4)o3)N(CC(CC)CCCC)C(=O)C2=C1c1ccco1. The third kappa shape index (κ3) is 5.74. The smallest absolute Gasteiger partial charge is 0.261 e. The van der Waals surface area contributed by atoms with E-state index in [2.05, 4.69) is 27.7 Å². The normalized spacial score (nSPS) is 16.9. The molecule has 6 nitrogen and oxygen atoms in total. The summed E-state index contributed by atoms with van der Waals surface area (Å²) in [6.07, 6.45) is 10.1. The van der Waals surface area contributed by atoms with Crippen molar-refractivity contribution in [3.63, 3.8) is 0 Å². The van der Waals surface area contributed by atoms with Gasteiger partial charge in [0.2, 0.25) is 0 Å². The van der Waals surface area contributed by atoms with Gasteiger partial charge in [0.1, 0.15) is 17.2 Å².